The first kappa shape index (κ1) is 23.0. The van der Waals surface area contributed by atoms with E-state index in [2.05, 4.69) is 26.6 Å². The Balaban J connectivity index is 1.54. The fourth-order valence-electron chi connectivity index (χ4n) is 3.28. The van der Waals surface area contributed by atoms with Gasteiger partial charge >= 0.3 is 0 Å². The average Bonchev–Trinajstić information content (AvgIpc) is 3.00. The van der Waals surface area contributed by atoms with E-state index in [1.165, 1.54) is 0 Å². The van der Waals surface area contributed by atoms with E-state index in [9.17, 15) is 14.4 Å². The Morgan fingerprint density at radius 2 is 1.67 bits per heavy atom. The lowest BCUT2D eigenvalue weighted by molar-refractivity contribution is -0.120. The van der Waals surface area contributed by atoms with E-state index in [0.29, 0.717) is 27.6 Å². The van der Waals surface area contributed by atoms with E-state index < -0.39 is 11.8 Å². The third kappa shape index (κ3) is 4.80. The first-order valence-corrected chi connectivity index (χ1v) is 11.3. The molecule has 0 aromatic heterocycles. The van der Waals surface area contributed by atoms with Crippen LogP contribution in [-0.4, -0.2) is 17.7 Å². The number of hydrogen-bond donors (Lipinski definition) is 2. The molecule has 3 aromatic rings. The highest BCUT2D eigenvalue weighted by Crippen LogP contribution is 2.31. The van der Waals surface area contributed by atoms with Gasteiger partial charge in [-0.05, 0) is 73.2 Å². The van der Waals surface area contributed by atoms with Crippen molar-refractivity contribution in [1.29, 1.82) is 0 Å². The maximum atomic E-state index is 12.9. The van der Waals surface area contributed by atoms with Crippen LogP contribution in [0.25, 0.3) is 0 Å². The zero-order valence-electron chi connectivity index (χ0n) is 17.2. The lowest BCUT2D eigenvalue weighted by atomic mass is 10.1. The van der Waals surface area contributed by atoms with Crippen LogP contribution in [0.1, 0.15) is 15.9 Å². The largest absolute Gasteiger partial charge is 0.350 e. The van der Waals surface area contributed by atoms with Gasteiger partial charge in [-0.25, -0.2) is 4.90 Å². The number of carbonyl (C=O) groups excluding carboxylic acids is 3. The van der Waals surface area contributed by atoms with Gasteiger partial charge in [0, 0.05) is 26.4 Å². The molecule has 0 saturated heterocycles. The number of anilines is 3. The number of amides is 3. The summed E-state index contributed by atoms with van der Waals surface area (Å²) in [7, 11) is 0. The van der Waals surface area contributed by atoms with Crippen LogP contribution in [0.4, 0.5) is 17.1 Å². The Bertz CT molecular complexity index is 1320. The Labute approximate surface area is 208 Å². The third-order valence-corrected chi connectivity index (χ3v) is 6.06. The Morgan fingerprint density at radius 1 is 0.939 bits per heavy atom. The fourth-order valence-corrected chi connectivity index (χ4v) is 3.98. The number of hydrogen-bond acceptors (Lipinski definition) is 4. The molecular formula is C24H16BrCl2N3O3. The topological polar surface area (TPSA) is 78.5 Å². The Hall–Kier alpha value is -3.13. The highest BCUT2D eigenvalue weighted by Gasteiger charge is 2.38. The molecule has 9 heteroatoms. The first-order chi connectivity index (χ1) is 15.7. The summed E-state index contributed by atoms with van der Waals surface area (Å²) >= 11 is 15.5. The second-order valence-electron chi connectivity index (χ2n) is 7.23. The van der Waals surface area contributed by atoms with E-state index in [4.69, 9.17) is 23.2 Å². The molecule has 0 aliphatic carbocycles. The minimum atomic E-state index is -0.626. The van der Waals surface area contributed by atoms with Crippen LogP contribution in [-0.2, 0) is 9.59 Å². The van der Waals surface area contributed by atoms with E-state index in [-0.39, 0.29) is 16.6 Å². The molecule has 1 aliphatic rings. The van der Waals surface area contributed by atoms with Gasteiger partial charge in [0.25, 0.3) is 17.7 Å². The number of halogens is 3. The van der Waals surface area contributed by atoms with Crippen molar-refractivity contribution in [1.82, 2.24) is 0 Å². The molecule has 1 aliphatic heterocycles. The Kier molecular flexibility index (Phi) is 6.56. The number of nitrogens with one attached hydrogen (secondary N) is 2. The minimum Gasteiger partial charge on any atom is -0.350 e. The molecule has 0 spiro atoms. The van der Waals surface area contributed by atoms with E-state index in [1.807, 2.05) is 6.92 Å². The van der Waals surface area contributed by atoms with Crippen molar-refractivity contribution in [2.45, 2.75) is 6.92 Å². The molecule has 0 bridgehead atoms. The van der Waals surface area contributed by atoms with Gasteiger partial charge in [-0.15, -0.1) is 0 Å². The number of nitrogens with zero attached hydrogens (tertiary/aromatic N) is 1. The summed E-state index contributed by atoms with van der Waals surface area (Å²) in [5.41, 5.74) is 2.58. The van der Waals surface area contributed by atoms with Crippen LogP contribution < -0.4 is 15.5 Å². The molecule has 0 radical (unpaired) electrons. The average molecular weight is 545 g/mol. The van der Waals surface area contributed by atoms with E-state index in [1.54, 1.807) is 66.7 Å². The fraction of sp³-hybridized carbons (Fsp3) is 0.0417. The number of rotatable bonds is 5. The zero-order chi connectivity index (χ0) is 23.7. The Morgan fingerprint density at radius 3 is 2.36 bits per heavy atom. The molecule has 0 atom stereocenters. The van der Waals surface area contributed by atoms with Crippen molar-refractivity contribution in [3.8, 4) is 0 Å². The molecule has 6 nitrogen and oxygen atoms in total. The second kappa shape index (κ2) is 9.39. The molecule has 166 valence electrons. The normalized spacial score (nSPS) is 13.5. The van der Waals surface area contributed by atoms with Crippen molar-refractivity contribution >= 4 is 73.9 Å². The molecule has 1 heterocycles. The zero-order valence-corrected chi connectivity index (χ0v) is 20.3. The van der Waals surface area contributed by atoms with Gasteiger partial charge in [-0.1, -0.05) is 45.2 Å². The molecule has 33 heavy (non-hydrogen) atoms. The second-order valence-corrected chi connectivity index (χ2v) is 8.96. The van der Waals surface area contributed by atoms with Crippen LogP contribution in [0.3, 0.4) is 0 Å². The number of imide groups is 1. The summed E-state index contributed by atoms with van der Waals surface area (Å²) in [6.07, 6.45) is 0. The molecule has 4 rings (SSSR count). The SMILES string of the molecule is Cc1cc(Cl)ccc1NC(=O)c1cccc(NC2=C(Cl)C(=O)N(c3ccc(Br)cc3)C2=O)c1. The van der Waals surface area contributed by atoms with Crippen molar-refractivity contribution in [2.24, 2.45) is 0 Å². The van der Waals surface area contributed by atoms with Crippen molar-refractivity contribution in [3.05, 3.63) is 98.1 Å². The summed E-state index contributed by atoms with van der Waals surface area (Å²) in [5.74, 6) is -1.55. The maximum Gasteiger partial charge on any atom is 0.283 e. The molecule has 3 amide bonds. The van der Waals surface area contributed by atoms with Crippen LogP contribution >= 0.6 is 39.1 Å². The van der Waals surface area contributed by atoms with E-state index >= 15 is 0 Å². The van der Waals surface area contributed by atoms with Crippen LogP contribution in [0, 0.1) is 6.92 Å². The van der Waals surface area contributed by atoms with Gasteiger partial charge in [0.1, 0.15) is 10.7 Å². The lowest BCUT2D eigenvalue weighted by Crippen LogP contribution is -2.32. The number of aryl methyl sites for hydroxylation is 1. The molecular weight excluding hydrogens is 529 g/mol. The van der Waals surface area contributed by atoms with Gasteiger partial charge in [-0.2, -0.15) is 0 Å². The molecule has 3 aromatic carbocycles. The van der Waals surface area contributed by atoms with Crippen LogP contribution in [0.15, 0.2) is 81.9 Å². The summed E-state index contributed by atoms with van der Waals surface area (Å²) in [6.45, 7) is 1.84. The standard InChI is InChI=1S/C24H16BrCl2N3O3/c1-13-11-16(26)7-10-19(13)29-22(31)14-3-2-4-17(12-14)28-21-20(27)23(32)30(24(21)33)18-8-5-15(25)6-9-18/h2-12,28H,1H3,(H,29,31). The quantitative estimate of drug-likeness (QED) is 0.380. The maximum absolute atomic E-state index is 12.9. The van der Waals surface area contributed by atoms with Crippen molar-refractivity contribution in [2.75, 3.05) is 15.5 Å². The monoisotopic (exact) mass is 543 g/mol. The van der Waals surface area contributed by atoms with Crippen LogP contribution in [0.2, 0.25) is 5.02 Å². The van der Waals surface area contributed by atoms with Gasteiger partial charge in [0.2, 0.25) is 0 Å². The van der Waals surface area contributed by atoms with Crippen molar-refractivity contribution in [3.63, 3.8) is 0 Å². The van der Waals surface area contributed by atoms with Gasteiger partial charge in [0.15, 0.2) is 0 Å². The summed E-state index contributed by atoms with van der Waals surface area (Å²) < 4.78 is 0.812. The predicted molar refractivity (Wildman–Crippen MR) is 134 cm³/mol. The molecule has 0 fully saturated rings. The summed E-state index contributed by atoms with van der Waals surface area (Å²) in [6, 6.07) is 18.4. The van der Waals surface area contributed by atoms with E-state index in [0.717, 1.165) is 14.9 Å². The van der Waals surface area contributed by atoms with Gasteiger partial charge in [-0.3, -0.25) is 14.4 Å². The van der Waals surface area contributed by atoms with Gasteiger partial charge in [0.05, 0.1) is 5.69 Å². The molecule has 2 N–H and O–H groups in total. The number of carbonyl (C=O) groups is 3. The van der Waals surface area contributed by atoms with Gasteiger partial charge < -0.3 is 10.6 Å². The first-order valence-electron chi connectivity index (χ1n) is 9.73. The highest BCUT2D eigenvalue weighted by molar-refractivity contribution is 9.10. The van der Waals surface area contributed by atoms with Crippen molar-refractivity contribution < 1.29 is 14.4 Å². The summed E-state index contributed by atoms with van der Waals surface area (Å²) in [5, 5.41) is 6.08. The molecule has 0 saturated carbocycles. The predicted octanol–water partition coefficient (Wildman–Crippen LogP) is 6.10. The highest BCUT2D eigenvalue weighted by atomic mass is 79.9. The van der Waals surface area contributed by atoms with Crippen LogP contribution in [0.5, 0.6) is 0 Å². The summed E-state index contributed by atoms with van der Waals surface area (Å²) in [4.78, 5) is 39.3. The minimum absolute atomic E-state index is 0.0595. The third-order valence-electron chi connectivity index (χ3n) is 4.94. The number of benzene rings is 3. The molecule has 0 unspecified atom stereocenters. The lowest BCUT2D eigenvalue weighted by Gasteiger charge is -2.15. The smallest absolute Gasteiger partial charge is 0.283 e.